The van der Waals surface area contributed by atoms with Crippen LogP contribution in [0.15, 0.2) is 53.6 Å². The average Bonchev–Trinajstić information content (AvgIpc) is 3.06. The highest BCUT2D eigenvalue weighted by Gasteiger charge is 2.19. The number of allylic oxidation sites excluding steroid dienone is 4. The van der Waals surface area contributed by atoms with Crippen LogP contribution in [0.2, 0.25) is 0 Å². The molecule has 3 rings (SSSR count). The summed E-state index contributed by atoms with van der Waals surface area (Å²) < 4.78 is 0. The second kappa shape index (κ2) is 8.52. The molecular weight excluding hydrogens is 300 g/mol. The van der Waals surface area contributed by atoms with Crippen molar-refractivity contribution in [1.29, 1.82) is 0 Å². The number of hydrogen-bond donors (Lipinski definition) is 0. The van der Waals surface area contributed by atoms with E-state index in [1.807, 2.05) is 0 Å². The van der Waals surface area contributed by atoms with E-state index in [0.29, 0.717) is 0 Å². The Morgan fingerprint density at radius 2 is 1.52 bits per heavy atom. The van der Waals surface area contributed by atoms with Crippen LogP contribution in [0, 0.1) is 0 Å². The van der Waals surface area contributed by atoms with Crippen LogP contribution < -0.4 is 0 Å². The van der Waals surface area contributed by atoms with Crippen LogP contribution >= 0.6 is 0 Å². The summed E-state index contributed by atoms with van der Waals surface area (Å²) in [6.45, 7) is 6.84. The second-order valence-corrected chi connectivity index (χ2v) is 7.36. The zero-order valence-electron chi connectivity index (χ0n) is 16.2. The lowest BCUT2D eigenvalue weighted by Crippen LogP contribution is -1.92. The molecular formula is C25H32. The Morgan fingerprint density at radius 3 is 2.24 bits per heavy atom. The maximum atomic E-state index is 2.53. The van der Waals surface area contributed by atoms with Crippen molar-refractivity contribution >= 4 is 16.3 Å². The third kappa shape index (κ3) is 3.89. The van der Waals surface area contributed by atoms with Gasteiger partial charge in [-0.15, -0.1) is 0 Å². The minimum atomic E-state index is 1.10. The number of rotatable bonds is 8. The summed E-state index contributed by atoms with van der Waals surface area (Å²) in [6, 6.07) is 13.7. The van der Waals surface area contributed by atoms with Gasteiger partial charge in [-0.25, -0.2) is 0 Å². The highest BCUT2D eigenvalue weighted by atomic mass is 14.2. The largest absolute Gasteiger partial charge is 0.0655 e. The Balaban J connectivity index is 2.03. The van der Waals surface area contributed by atoms with E-state index >= 15 is 0 Å². The van der Waals surface area contributed by atoms with Crippen LogP contribution in [0.1, 0.15) is 76.8 Å². The quantitative estimate of drug-likeness (QED) is 0.461. The van der Waals surface area contributed by atoms with Crippen molar-refractivity contribution in [3.05, 3.63) is 64.7 Å². The summed E-state index contributed by atoms with van der Waals surface area (Å²) in [7, 11) is 0. The Kier molecular flexibility index (Phi) is 6.13. The summed E-state index contributed by atoms with van der Waals surface area (Å²) in [5.74, 6) is 0. The highest BCUT2D eigenvalue weighted by molar-refractivity contribution is 5.97. The van der Waals surface area contributed by atoms with Gasteiger partial charge in [0.15, 0.2) is 0 Å². The lowest BCUT2D eigenvalue weighted by atomic mass is 9.90. The fourth-order valence-corrected chi connectivity index (χ4v) is 4.08. The minimum absolute atomic E-state index is 1.10. The minimum Gasteiger partial charge on any atom is -0.0655 e. The molecule has 0 N–H and O–H groups in total. The average molecular weight is 333 g/mol. The van der Waals surface area contributed by atoms with Gasteiger partial charge in [-0.2, -0.15) is 0 Å². The molecule has 0 heteroatoms. The van der Waals surface area contributed by atoms with Crippen molar-refractivity contribution in [1.82, 2.24) is 0 Å². The van der Waals surface area contributed by atoms with E-state index in [1.165, 1.54) is 60.4 Å². The molecule has 0 fully saturated rings. The molecule has 25 heavy (non-hydrogen) atoms. The Hall–Kier alpha value is -1.82. The first-order valence-corrected chi connectivity index (χ1v) is 10.2. The summed E-state index contributed by atoms with van der Waals surface area (Å²) in [6.07, 6.45) is 12.4. The van der Waals surface area contributed by atoms with Gasteiger partial charge in [-0.1, -0.05) is 81.7 Å². The normalized spacial score (nSPS) is 14.4. The van der Waals surface area contributed by atoms with Crippen molar-refractivity contribution < 1.29 is 0 Å². The molecule has 132 valence electrons. The molecule has 2 aromatic carbocycles. The number of aryl methyl sites for hydroxylation is 1. The van der Waals surface area contributed by atoms with Gasteiger partial charge >= 0.3 is 0 Å². The zero-order chi connectivity index (χ0) is 17.6. The van der Waals surface area contributed by atoms with Crippen molar-refractivity contribution in [3.8, 4) is 0 Å². The van der Waals surface area contributed by atoms with E-state index in [9.17, 15) is 0 Å². The summed E-state index contributed by atoms with van der Waals surface area (Å²) >= 11 is 0. The lowest BCUT2D eigenvalue weighted by molar-refractivity contribution is 0.779. The van der Waals surface area contributed by atoms with Gasteiger partial charge < -0.3 is 0 Å². The van der Waals surface area contributed by atoms with Crippen molar-refractivity contribution in [2.75, 3.05) is 0 Å². The molecule has 0 nitrogen and oxygen atoms in total. The van der Waals surface area contributed by atoms with E-state index in [4.69, 9.17) is 0 Å². The third-order valence-electron chi connectivity index (χ3n) is 5.54. The monoisotopic (exact) mass is 332 g/mol. The van der Waals surface area contributed by atoms with E-state index < -0.39 is 0 Å². The van der Waals surface area contributed by atoms with E-state index in [2.05, 4.69) is 63.2 Å². The molecule has 0 radical (unpaired) electrons. The van der Waals surface area contributed by atoms with Gasteiger partial charge in [0.25, 0.3) is 0 Å². The Labute approximate surface area is 153 Å². The van der Waals surface area contributed by atoms with Gasteiger partial charge in [0.05, 0.1) is 0 Å². The lowest BCUT2D eigenvalue weighted by Gasteiger charge is -2.14. The fourth-order valence-electron chi connectivity index (χ4n) is 4.08. The smallest absolute Gasteiger partial charge is 0.00550 e. The predicted octanol–water partition coefficient (Wildman–Crippen LogP) is 7.87. The molecule has 2 aromatic rings. The topological polar surface area (TPSA) is 0 Å². The molecule has 1 aliphatic rings. The van der Waals surface area contributed by atoms with E-state index in [1.54, 1.807) is 16.7 Å². The highest BCUT2D eigenvalue weighted by Crippen LogP contribution is 2.40. The molecule has 1 aliphatic carbocycles. The standard InChI is InChI=1S/C25H32/c1-4-7-11-19-17-21(12-8-5-2)25(18-19)24-16-15-20(6-3)22-13-9-10-14-23(22)24/h9-10,13-17H,4-8,11-12,18H2,1-3H3. The first kappa shape index (κ1) is 18.0. The Bertz CT molecular complexity index is 789. The van der Waals surface area contributed by atoms with Gasteiger partial charge in [-0.05, 0) is 71.6 Å². The van der Waals surface area contributed by atoms with Crippen molar-refractivity contribution in [2.45, 2.75) is 72.1 Å². The summed E-state index contributed by atoms with van der Waals surface area (Å²) in [5.41, 5.74) is 7.78. The van der Waals surface area contributed by atoms with E-state index in [-0.39, 0.29) is 0 Å². The molecule has 0 aromatic heterocycles. The maximum Gasteiger partial charge on any atom is -0.00550 e. The molecule has 0 amide bonds. The van der Waals surface area contributed by atoms with Crippen LogP contribution in [0.4, 0.5) is 0 Å². The predicted molar refractivity (Wildman–Crippen MR) is 112 cm³/mol. The number of fused-ring (bicyclic) bond motifs is 1. The molecule has 0 atom stereocenters. The van der Waals surface area contributed by atoms with E-state index in [0.717, 1.165) is 12.8 Å². The maximum absolute atomic E-state index is 2.53. The Morgan fingerprint density at radius 1 is 0.800 bits per heavy atom. The van der Waals surface area contributed by atoms with Crippen LogP contribution in [0.5, 0.6) is 0 Å². The third-order valence-corrected chi connectivity index (χ3v) is 5.54. The molecule has 0 heterocycles. The molecule has 0 bridgehead atoms. The number of unbranched alkanes of at least 4 members (excludes halogenated alkanes) is 2. The second-order valence-electron chi connectivity index (χ2n) is 7.36. The number of hydrogen-bond acceptors (Lipinski definition) is 0. The number of benzene rings is 2. The molecule has 0 saturated heterocycles. The van der Waals surface area contributed by atoms with Crippen LogP contribution in [0.3, 0.4) is 0 Å². The summed E-state index contributed by atoms with van der Waals surface area (Å²) in [5, 5.41) is 2.88. The van der Waals surface area contributed by atoms with Crippen molar-refractivity contribution in [3.63, 3.8) is 0 Å². The van der Waals surface area contributed by atoms with Crippen LogP contribution in [-0.4, -0.2) is 0 Å². The van der Waals surface area contributed by atoms with Gasteiger partial charge in [0, 0.05) is 0 Å². The molecule has 0 unspecified atom stereocenters. The molecule has 0 saturated carbocycles. The SMILES string of the molecule is CCCCC1=CC(CCCC)=C(c2ccc(CC)c3ccccc23)C1. The van der Waals surface area contributed by atoms with Gasteiger partial charge in [0.2, 0.25) is 0 Å². The first-order chi connectivity index (χ1) is 12.3. The van der Waals surface area contributed by atoms with Crippen LogP contribution in [0.25, 0.3) is 16.3 Å². The molecule has 0 aliphatic heterocycles. The van der Waals surface area contributed by atoms with Gasteiger partial charge in [-0.3, -0.25) is 0 Å². The van der Waals surface area contributed by atoms with Crippen LogP contribution in [-0.2, 0) is 6.42 Å². The van der Waals surface area contributed by atoms with Gasteiger partial charge in [0.1, 0.15) is 0 Å². The molecule has 0 spiro atoms. The van der Waals surface area contributed by atoms with Crippen molar-refractivity contribution in [2.24, 2.45) is 0 Å². The first-order valence-electron chi connectivity index (χ1n) is 10.2. The summed E-state index contributed by atoms with van der Waals surface area (Å²) in [4.78, 5) is 0. The zero-order valence-corrected chi connectivity index (χ0v) is 16.2. The fraction of sp³-hybridized carbons (Fsp3) is 0.440.